The molecule has 0 bridgehead atoms. The lowest BCUT2D eigenvalue weighted by molar-refractivity contribution is 0.538. The Hall–Kier alpha value is -2.30. The van der Waals surface area contributed by atoms with Crippen molar-refractivity contribution in [3.8, 4) is 0 Å². The Kier molecular flexibility index (Phi) is 2.95. The number of hydrogen-bond acceptors (Lipinski definition) is 4. The second-order valence-electron chi connectivity index (χ2n) is 4.47. The topological polar surface area (TPSA) is 66.7 Å². The lowest BCUT2D eigenvalue weighted by Crippen LogP contribution is -2.01. The molecule has 0 aliphatic heterocycles. The SMILES string of the molecule is CCc1nc2cc(NCc3nc[nH]c3C)ccc2o1. The molecule has 5 heteroatoms. The molecule has 2 N–H and O–H groups in total. The maximum Gasteiger partial charge on any atom is 0.195 e. The molecule has 0 saturated carbocycles. The van der Waals surface area contributed by atoms with E-state index in [4.69, 9.17) is 4.42 Å². The zero-order valence-corrected chi connectivity index (χ0v) is 11.0. The Morgan fingerprint density at radius 1 is 1.37 bits per heavy atom. The molecule has 0 atom stereocenters. The summed E-state index contributed by atoms with van der Waals surface area (Å²) in [6.45, 7) is 4.74. The van der Waals surface area contributed by atoms with Gasteiger partial charge in [0, 0.05) is 17.8 Å². The maximum absolute atomic E-state index is 5.59. The van der Waals surface area contributed by atoms with Crippen molar-refractivity contribution in [3.63, 3.8) is 0 Å². The van der Waals surface area contributed by atoms with Gasteiger partial charge in [0.15, 0.2) is 11.5 Å². The van der Waals surface area contributed by atoms with E-state index in [1.165, 1.54) is 0 Å². The lowest BCUT2D eigenvalue weighted by atomic mass is 10.2. The van der Waals surface area contributed by atoms with E-state index in [2.05, 4.69) is 20.3 Å². The van der Waals surface area contributed by atoms with Crippen molar-refractivity contribution in [1.29, 1.82) is 0 Å². The van der Waals surface area contributed by atoms with Crippen LogP contribution in [0.5, 0.6) is 0 Å². The van der Waals surface area contributed by atoms with E-state index in [-0.39, 0.29) is 0 Å². The van der Waals surface area contributed by atoms with Crippen LogP contribution in [-0.2, 0) is 13.0 Å². The number of benzene rings is 1. The van der Waals surface area contributed by atoms with E-state index in [0.29, 0.717) is 6.54 Å². The Morgan fingerprint density at radius 3 is 3.00 bits per heavy atom. The highest BCUT2D eigenvalue weighted by Gasteiger charge is 2.05. The number of aromatic amines is 1. The molecule has 3 aromatic rings. The van der Waals surface area contributed by atoms with Crippen LogP contribution < -0.4 is 5.32 Å². The third kappa shape index (κ3) is 2.31. The van der Waals surface area contributed by atoms with E-state index in [9.17, 15) is 0 Å². The number of aromatic nitrogens is 3. The van der Waals surface area contributed by atoms with Crippen LogP contribution in [0, 0.1) is 6.92 Å². The average molecular weight is 256 g/mol. The Labute approximate surface area is 111 Å². The number of aryl methyl sites for hydroxylation is 2. The zero-order valence-electron chi connectivity index (χ0n) is 11.0. The molecule has 0 unspecified atom stereocenters. The van der Waals surface area contributed by atoms with Gasteiger partial charge < -0.3 is 14.7 Å². The third-order valence-corrected chi connectivity index (χ3v) is 3.13. The molecule has 0 saturated heterocycles. The Bertz CT molecular complexity index is 698. The second kappa shape index (κ2) is 4.76. The molecule has 2 aromatic heterocycles. The van der Waals surface area contributed by atoms with E-state index in [0.717, 1.165) is 40.5 Å². The maximum atomic E-state index is 5.59. The summed E-state index contributed by atoms with van der Waals surface area (Å²) in [6, 6.07) is 5.94. The summed E-state index contributed by atoms with van der Waals surface area (Å²) in [4.78, 5) is 11.8. The number of nitrogens with zero attached hydrogens (tertiary/aromatic N) is 2. The minimum absolute atomic E-state index is 0.694. The van der Waals surface area contributed by atoms with Crippen LogP contribution in [0.3, 0.4) is 0 Å². The van der Waals surface area contributed by atoms with Crippen molar-refractivity contribution in [2.75, 3.05) is 5.32 Å². The third-order valence-electron chi connectivity index (χ3n) is 3.13. The quantitative estimate of drug-likeness (QED) is 0.753. The first-order valence-corrected chi connectivity index (χ1v) is 6.38. The average Bonchev–Trinajstić information content (AvgIpc) is 3.01. The predicted molar refractivity (Wildman–Crippen MR) is 74.0 cm³/mol. The van der Waals surface area contributed by atoms with Gasteiger partial charge >= 0.3 is 0 Å². The van der Waals surface area contributed by atoms with Gasteiger partial charge in [0.1, 0.15) is 5.52 Å². The molecule has 19 heavy (non-hydrogen) atoms. The van der Waals surface area contributed by atoms with Crippen LogP contribution in [0.4, 0.5) is 5.69 Å². The van der Waals surface area contributed by atoms with Crippen molar-refractivity contribution in [1.82, 2.24) is 15.0 Å². The summed E-state index contributed by atoms with van der Waals surface area (Å²) in [5.41, 5.74) is 4.85. The number of nitrogens with one attached hydrogen (secondary N) is 2. The fourth-order valence-electron chi connectivity index (χ4n) is 1.99. The molecule has 0 amide bonds. The minimum atomic E-state index is 0.694. The van der Waals surface area contributed by atoms with Gasteiger partial charge in [0.2, 0.25) is 0 Å². The standard InChI is InChI=1S/C14H16N4O/c1-3-14-18-11-6-10(4-5-13(11)19-14)15-7-12-9(2)16-8-17-12/h4-6,8,15H,3,7H2,1-2H3,(H,16,17). The molecule has 2 heterocycles. The predicted octanol–water partition coefficient (Wildman–Crippen LogP) is 3.03. The molecule has 98 valence electrons. The van der Waals surface area contributed by atoms with E-state index < -0.39 is 0 Å². The van der Waals surface area contributed by atoms with E-state index >= 15 is 0 Å². The number of H-pyrrole nitrogens is 1. The fraction of sp³-hybridized carbons (Fsp3) is 0.286. The monoisotopic (exact) mass is 256 g/mol. The van der Waals surface area contributed by atoms with Gasteiger partial charge in [-0.15, -0.1) is 0 Å². The highest BCUT2D eigenvalue weighted by atomic mass is 16.3. The minimum Gasteiger partial charge on any atom is -0.441 e. The first-order chi connectivity index (χ1) is 9.26. The number of fused-ring (bicyclic) bond motifs is 1. The number of rotatable bonds is 4. The summed E-state index contributed by atoms with van der Waals surface area (Å²) in [5, 5.41) is 3.34. The summed E-state index contributed by atoms with van der Waals surface area (Å²) in [6.07, 6.45) is 2.52. The van der Waals surface area contributed by atoms with Gasteiger partial charge in [-0.2, -0.15) is 0 Å². The van der Waals surface area contributed by atoms with Gasteiger partial charge in [-0.25, -0.2) is 9.97 Å². The fourth-order valence-corrected chi connectivity index (χ4v) is 1.99. The molecule has 0 spiro atoms. The summed E-state index contributed by atoms with van der Waals surface area (Å²) >= 11 is 0. The number of anilines is 1. The molecule has 0 fully saturated rings. The first-order valence-electron chi connectivity index (χ1n) is 6.38. The number of oxazole rings is 1. The molecular weight excluding hydrogens is 240 g/mol. The summed E-state index contributed by atoms with van der Waals surface area (Å²) in [7, 11) is 0. The Balaban J connectivity index is 1.79. The van der Waals surface area contributed by atoms with Crippen molar-refractivity contribution < 1.29 is 4.42 Å². The van der Waals surface area contributed by atoms with Gasteiger partial charge in [-0.3, -0.25) is 0 Å². The van der Waals surface area contributed by atoms with Gasteiger partial charge in [0.25, 0.3) is 0 Å². The van der Waals surface area contributed by atoms with E-state index in [1.807, 2.05) is 32.0 Å². The number of hydrogen-bond donors (Lipinski definition) is 2. The van der Waals surface area contributed by atoms with Crippen LogP contribution in [-0.4, -0.2) is 15.0 Å². The van der Waals surface area contributed by atoms with Crippen LogP contribution in [0.1, 0.15) is 24.2 Å². The molecule has 0 aliphatic carbocycles. The largest absolute Gasteiger partial charge is 0.441 e. The van der Waals surface area contributed by atoms with E-state index in [1.54, 1.807) is 6.33 Å². The molecule has 0 aliphatic rings. The molecule has 5 nitrogen and oxygen atoms in total. The highest BCUT2D eigenvalue weighted by molar-refractivity contribution is 5.77. The Morgan fingerprint density at radius 2 is 2.26 bits per heavy atom. The van der Waals surface area contributed by atoms with Crippen LogP contribution >= 0.6 is 0 Å². The molecular formula is C14H16N4O. The van der Waals surface area contributed by atoms with Crippen LogP contribution in [0.25, 0.3) is 11.1 Å². The van der Waals surface area contributed by atoms with Crippen molar-refractivity contribution >= 4 is 16.8 Å². The van der Waals surface area contributed by atoms with Crippen LogP contribution in [0.15, 0.2) is 28.9 Å². The molecule has 3 rings (SSSR count). The van der Waals surface area contributed by atoms with Crippen LogP contribution in [0.2, 0.25) is 0 Å². The second-order valence-corrected chi connectivity index (χ2v) is 4.47. The van der Waals surface area contributed by atoms with Gasteiger partial charge in [-0.1, -0.05) is 6.92 Å². The van der Waals surface area contributed by atoms with Gasteiger partial charge in [0.05, 0.1) is 18.6 Å². The van der Waals surface area contributed by atoms with Crippen molar-refractivity contribution in [3.05, 3.63) is 41.8 Å². The highest BCUT2D eigenvalue weighted by Crippen LogP contribution is 2.20. The first kappa shape index (κ1) is 11.8. The number of imidazole rings is 1. The molecule has 0 radical (unpaired) electrons. The zero-order chi connectivity index (χ0) is 13.2. The van der Waals surface area contributed by atoms with Crippen molar-refractivity contribution in [2.45, 2.75) is 26.8 Å². The normalized spacial score (nSPS) is 11.1. The molecule has 1 aromatic carbocycles. The van der Waals surface area contributed by atoms with Gasteiger partial charge in [-0.05, 0) is 25.1 Å². The summed E-state index contributed by atoms with van der Waals surface area (Å²) in [5.74, 6) is 0.773. The lowest BCUT2D eigenvalue weighted by Gasteiger charge is -2.04. The smallest absolute Gasteiger partial charge is 0.195 e. The summed E-state index contributed by atoms with van der Waals surface area (Å²) < 4.78 is 5.59. The van der Waals surface area contributed by atoms with Crippen molar-refractivity contribution in [2.24, 2.45) is 0 Å².